The number of nitrogens with one attached hydrogen (secondary N) is 1. The summed E-state index contributed by atoms with van der Waals surface area (Å²) < 4.78 is 34.0. The number of amides is 1. The summed E-state index contributed by atoms with van der Waals surface area (Å²) in [6, 6.07) is 10.6. The van der Waals surface area contributed by atoms with Crippen LogP contribution in [-0.2, 0) is 28.5 Å². The van der Waals surface area contributed by atoms with Gasteiger partial charge in [0.2, 0.25) is 0 Å². The van der Waals surface area contributed by atoms with Gasteiger partial charge in [-0.3, -0.25) is 9.59 Å². The Balaban J connectivity index is 1.39. The number of benzene rings is 1. The largest absolute Gasteiger partial charge is 0.459 e. The topological polar surface area (TPSA) is 172 Å². The fraction of sp³-hybridized carbons (Fsp3) is 0.750. The van der Waals surface area contributed by atoms with Gasteiger partial charge in [-0.05, 0) is 92.6 Å². The van der Waals surface area contributed by atoms with E-state index in [-0.39, 0.29) is 30.4 Å². The van der Waals surface area contributed by atoms with E-state index in [9.17, 15) is 24.9 Å². The van der Waals surface area contributed by atoms with Crippen LogP contribution in [0, 0.1) is 17.8 Å². The van der Waals surface area contributed by atoms with Gasteiger partial charge >= 0.3 is 5.97 Å². The lowest BCUT2D eigenvalue weighted by atomic mass is 9.78. The van der Waals surface area contributed by atoms with Crippen molar-refractivity contribution in [1.82, 2.24) is 20.1 Å². The highest BCUT2D eigenvalue weighted by Gasteiger charge is 2.58. The minimum atomic E-state index is -1.75. The molecule has 324 valence electrons. The summed E-state index contributed by atoms with van der Waals surface area (Å²) in [5, 5.41) is 39.2. The first kappa shape index (κ1) is 44.8. The van der Waals surface area contributed by atoms with Gasteiger partial charge in [-0.1, -0.05) is 45.0 Å². The number of ether oxygens (including phenoxy) is 5. The molecule has 5 heterocycles. The van der Waals surface area contributed by atoms with Crippen LogP contribution in [0.15, 0.2) is 36.4 Å². The van der Waals surface area contributed by atoms with E-state index >= 15 is 0 Å². The fourth-order valence-electron chi connectivity index (χ4n) is 9.95. The molecule has 14 heteroatoms. The Hall–Kier alpha value is -2.79. The van der Waals surface area contributed by atoms with Gasteiger partial charge in [0, 0.05) is 49.3 Å². The Bertz CT molecular complexity index is 1740. The van der Waals surface area contributed by atoms with Gasteiger partial charge in [-0.25, -0.2) is 4.98 Å². The highest BCUT2D eigenvalue weighted by Crippen LogP contribution is 2.48. The number of carbonyl (C=O) groups excluding carboxylic acids is 2. The van der Waals surface area contributed by atoms with Crippen LogP contribution in [-0.4, -0.2) is 148 Å². The zero-order valence-electron chi connectivity index (χ0n) is 36.1. The standard InChI is InChI=1S/C44H68N4O10/c1-11-34-43(8,53)37(50)29(6)45-24-25(2)23-42(7)38(56-41-35(49)33(47(9)10)22-26(3)54-41)27(4)36(28(5)40(52)55-34)57-44(58-42)18-20-48(21-19-44)39(51)32-17-16-30-14-12-13-15-31(30)46-32/h12-17,25-29,33-38,41,45,49-50,53H,11,18-24H2,1-10H3/t25-,26-,27+,28-,29-,33+,34-,35-,36+,37-,38-,41+,42-,43-/m1/s1. The molecule has 14 atom stereocenters. The molecule has 4 aliphatic rings. The second-order valence-electron chi connectivity index (χ2n) is 18.4. The van der Waals surface area contributed by atoms with Crippen molar-refractivity contribution in [2.75, 3.05) is 33.7 Å². The molecule has 2 bridgehead atoms. The SMILES string of the molecule is CC[C@H]1OC(=O)[C@H](C)[C@H]2OC3(CCN(C(=O)c4ccc5ccccc5n4)CC3)O[C@](C)(C[C@@H](C)CN[C@H](C)[C@@H](O)[C@]1(C)O)[C@H](O[C@@H]1O[C@H](C)C[C@H](N(C)C)[C@H]1O)[C@H]2C. The van der Waals surface area contributed by atoms with Gasteiger partial charge in [-0.2, -0.15) is 0 Å². The summed E-state index contributed by atoms with van der Waals surface area (Å²) in [5.41, 5.74) is -1.72. The van der Waals surface area contributed by atoms with Gasteiger partial charge in [0.15, 0.2) is 12.1 Å². The molecule has 4 aliphatic heterocycles. The smallest absolute Gasteiger partial charge is 0.311 e. The third-order valence-electron chi connectivity index (χ3n) is 13.3. The maximum Gasteiger partial charge on any atom is 0.311 e. The second-order valence-corrected chi connectivity index (χ2v) is 18.4. The van der Waals surface area contributed by atoms with Crippen LogP contribution >= 0.6 is 0 Å². The first-order valence-corrected chi connectivity index (χ1v) is 21.3. The van der Waals surface area contributed by atoms with Gasteiger partial charge in [0.25, 0.3) is 5.91 Å². The van der Waals surface area contributed by atoms with E-state index in [0.717, 1.165) is 10.9 Å². The van der Waals surface area contributed by atoms with E-state index in [1.807, 2.05) is 70.1 Å². The molecule has 14 nitrogen and oxygen atoms in total. The number of piperidine rings is 1. The fourth-order valence-corrected chi connectivity index (χ4v) is 9.95. The number of pyridine rings is 1. The molecule has 1 aromatic carbocycles. The Labute approximate surface area is 343 Å². The first-order valence-electron chi connectivity index (χ1n) is 21.3. The number of hydrogen-bond donors (Lipinski definition) is 4. The number of aliphatic hydroxyl groups is 3. The van der Waals surface area contributed by atoms with Crippen molar-refractivity contribution in [1.29, 1.82) is 0 Å². The lowest BCUT2D eigenvalue weighted by molar-refractivity contribution is -0.331. The van der Waals surface area contributed by atoms with Crippen LogP contribution in [0.2, 0.25) is 0 Å². The highest BCUT2D eigenvalue weighted by molar-refractivity contribution is 5.95. The van der Waals surface area contributed by atoms with Crippen molar-refractivity contribution >= 4 is 22.8 Å². The van der Waals surface area contributed by atoms with E-state index in [4.69, 9.17) is 23.7 Å². The van der Waals surface area contributed by atoms with Crippen LogP contribution < -0.4 is 5.32 Å². The average Bonchev–Trinajstić information content (AvgIpc) is 3.27. The molecule has 6 rings (SSSR count). The molecule has 1 amide bonds. The van der Waals surface area contributed by atoms with Crippen molar-refractivity contribution in [2.24, 2.45) is 17.8 Å². The van der Waals surface area contributed by atoms with Crippen molar-refractivity contribution in [3.8, 4) is 0 Å². The number of carbonyl (C=O) groups is 2. The number of hydrogen-bond acceptors (Lipinski definition) is 13. The predicted octanol–water partition coefficient (Wildman–Crippen LogP) is 3.88. The second kappa shape index (κ2) is 17.7. The highest BCUT2D eigenvalue weighted by atomic mass is 16.7. The molecular formula is C44H68N4O10. The number of likely N-dealkylation sites (tertiary alicyclic amines) is 1. The van der Waals surface area contributed by atoms with E-state index in [1.165, 1.54) is 6.92 Å². The zero-order valence-corrected chi connectivity index (χ0v) is 36.1. The van der Waals surface area contributed by atoms with E-state index in [0.29, 0.717) is 51.0 Å². The molecule has 1 spiro atoms. The molecule has 58 heavy (non-hydrogen) atoms. The van der Waals surface area contributed by atoms with Crippen molar-refractivity contribution in [3.05, 3.63) is 42.1 Å². The maximum absolute atomic E-state index is 14.3. The van der Waals surface area contributed by atoms with Gasteiger partial charge in [0.1, 0.15) is 29.6 Å². The summed E-state index contributed by atoms with van der Waals surface area (Å²) >= 11 is 0. The average molecular weight is 813 g/mol. The minimum Gasteiger partial charge on any atom is -0.459 e. The number of esters is 1. The van der Waals surface area contributed by atoms with E-state index in [2.05, 4.69) is 17.2 Å². The molecule has 4 saturated heterocycles. The molecule has 0 radical (unpaired) electrons. The molecule has 0 aliphatic carbocycles. The van der Waals surface area contributed by atoms with Gasteiger partial charge in [-0.15, -0.1) is 0 Å². The van der Waals surface area contributed by atoms with Crippen molar-refractivity contribution < 1.29 is 48.6 Å². The number of aromatic nitrogens is 1. The number of nitrogens with zero attached hydrogens (tertiary/aromatic N) is 3. The lowest BCUT2D eigenvalue weighted by Crippen LogP contribution is -2.60. The quantitative estimate of drug-likeness (QED) is 0.321. The Morgan fingerprint density at radius 2 is 1.74 bits per heavy atom. The Morgan fingerprint density at radius 3 is 2.41 bits per heavy atom. The van der Waals surface area contributed by atoms with Gasteiger partial charge < -0.3 is 54.1 Å². The molecule has 0 saturated carbocycles. The summed E-state index contributed by atoms with van der Waals surface area (Å²) in [5.74, 6) is -3.45. The third kappa shape index (κ3) is 9.11. The van der Waals surface area contributed by atoms with Crippen LogP contribution in [0.1, 0.15) is 98.0 Å². The number of para-hydroxylation sites is 1. The van der Waals surface area contributed by atoms with E-state index in [1.54, 1.807) is 31.7 Å². The summed E-state index contributed by atoms with van der Waals surface area (Å²) in [7, 11) is 3.86. The van der Waals surface area contributed by atoms with Crippen LogP contribution in [0.3, 0.4) is 0 Å². The molecular weight excluding hydrogens is 745 g/mol. The summed E-state index contributed by atoms with van der Waals surface area (Å²) in [6.07, 6.45) is -4.02. The van der Waals surface area contributed by atoms with Crippen LogP contribution in [0.25, 0.3) is 10.9 Å². The predicted molar refractivity (Wildman–Crippen MR) is 218 cm³/mol. The molecule has 2 aromatic rings. The van der Waals surface area contributed by atoms with Crippen LogP contribution in [0.4, 0.5) is 0 Å². The third-order valence-corrected chi connectivity index (χ3v) is 13.3. The first-order chi connectivity index (χ1) is 27.3. The molecule has 4 fully saturated rings. The van der Waals surface area contributed by atoms with Crippen molar-refractivity contribution in [3.63, 3.8) is 0 Å². The number of likely N-dealkylation sites (N-methyl/N-ethyl adjacent to an activating group) is 1. The van der Waals surface area contributed by atoms with Gasteiger partial charge in [0.05, 0.1) is 35.3 Å². The van der Waals surface area contributed by atoms with E-state index < -0.39 is 77.6 Å². The summed E-state index contributed by atoms with van der Waals surface area (Å²) in [4.78, 5) is 36.7. The number of fused-ring (bicyclic) bond motifs is 4. The molecule has 4 N–H and O–H groups in total. The Morgan fingerprint density at radius 1 is 1.05 bits per heavy atom. The maximum atomic E-state index is 14.3. The summed E-state index contributed by atoms with van der Waals surface area (Å²) in [6.45, 7) is 16.0. The normalized spacial score (nSPS) is 40.5. The van der Waals surface area contributed by atoms with Crippen LogP contribution in [0.5, 0.6) is 0 Å². The lowest BCUT2D eigenvalue weighted by Gasteiger charge is -2.49. The monoisotopic (exact) mass is 812 g/mol. The number of cyclic esters (lactones) is 1. The number of rotatable bonds is 5. The minimum absolute atomic E-state index is 0.0507. The zero-order chi connectivity index (χ0) is 42.3. The molecule has 0 unspecified atom stereocenters. The van der Waals surface area contributed by atoms with Crippen molar-refractivity contribution in [2.45, 2.75) is 159 Å². The number of aliphatic hydroxyl groups excluding tert-OH is 2. The Kier molecular flexibility index (Phi) is 13.6. The molecule has 1 aromatic heterocycles.